The van der Waals surface area contributed by atoms with Gasteiger partial charge in [0.1, 0.15) is 5.82 Å². The molecule has 0 N–H and O–H groups in total. The third-order valence-corrected chi connectivity index (χ3v) is 5.98. The molecule has 1 aromatic heterocycles. The van der Waals surface area contributed by atoms with Gasteiger partial charge in [-0.3, -0.25) is 4.90 Å². The van der Waals surface area contributed by atoms with E-state index >= 15 is 0 Å². The normalized spacial score (nSPS) is 30.4. The predicted molar refractivity (Wildman–Crippen MR) is 88.6 cm³/mol. The summed E-state index contributed by atoms with van der Waals surface area (Å²) in [6, 6.07) is 0. The van der Waals surface area contributed by atoms with E-state index in [1.54, 1.807) is 0 Å². The van der Waals surface area contributed by atoms with E-state index in [1.165, 1.54) is 70.7 Å². The molecule has 0 amide bonds. The highest BCUT2D eigenvalue weighted by atomic mass is 15.2. The molecule has 0 bridgehead atoms. The van der Waals surface area contributed by atoms with Crippen molar-refractivity contribution < 1.29 is 0 Å². The van der Waals surface area contributed by atoms with Gasteiger partial charge in [0.2, 0.25) is 0 Å². The summed E-state index contributed by atoms with van der Waals surface area (Å²) in [5.74, 6) is 2.27. The largest absolute Gasteiger partial charge is 0.334 e. The third-order valence-electron chi connectivity index (χ3n) is 5.98. The minimum absolute atomic E-state index is 0.580. The van der Waals surface area contributed by atoms with E-state index < -0.39 is 0 Å². The molecule has 122 valence electrons. The third kappa shape index (κ3) is 3.09. The summed E-state index contributed by atoms with van der Waals surface area (Å²) in [7, 11) is 0. The average Bonchev–Trinajstić information content (AvgIpc) is 3.08. The molecule has 2 aliphatic heterocycles. The molecule has 1 spiro atoms. The van der Waals surface area contributed by atoms with Crippen LogP contribution in [0.1, 0.15) is 44.9 Å². The standard InChI is InChI=1S/C18H30N4/c1-2-22-11-8-19-17(22)13-21-10-7-18(15-21)6-3-9-20(14-18)12-16-4-5-16/h8,11,16H,2-7,9-10,12-15H2,1H3. The van der Waals surface area contributed by atoms with Gasteiger partial charge in [-0.15, -0.1) is 0 Å². The summed E-state index contributed by atoms with van der Waals surface area (Å²) < 4.78 is 2.28. The lowest BCUT2D eigenvalue weighted by atomic mass is 9.79. The first kappa shape index (κ1) is 14.7. The molecule has 3 heterocycles. The van der Waals surface area contributed by atoms with Crippen LogP contribution in [0.3, 0.4) is 0 Å². The average molecular weight is 302 g/mol. The molecule has 4 rings (SSSR count). The molecule has 1 aromatic rings. The smallest absolute Gasteiger partial charge is 0.122 e. The van der Waals surface area contributed by atoms with Gasteiger partial charge in [-0.05, 0) is 63.5 Å². The molecular weight excluding hydrogens is 272 g/mol. The molecule has 4 nitrogen and oxygen atoms in total. The second-order valence-corrected chi connectivity index (χ2v) is 7.87. The first-order valence-electron chi connectivity index (χ1n) is 9.21. The number of hydrogen-bond donors (Lipinski definition) is 0. The van der Waals surface area contributed by atoms with Crippen molar-refractivity contribution in [1.82, 2.24) is 19.4 Å². The second kappa shape index (κ2) is 5.97. The van der Waals surface area contributed by atoms with Crippen LogP contribution in [0.5, 0.6) is 0 Å². The quantitative estimate of drug-likeness (QED) is 0.835. The van der Waals surface area contributed by atoms with Crippen molar-refractivity contribution in [2.75, 3.05) is 32.7 Å². The predicted octanol–water partition coefficient (Wildman–Crippen LogP) is 2.60. The summed E-state index contributed by atoms with van der Waals surface area (Å²) in [6.45, 7) is 10.9. The summed E-state index contributed by atoms with van der Waals surface area (Å²) in [4.78, 5) is 9.98. The summed E-state index contributed by atoms with van der Waals surface area (Å²) >= 11 is 0. The van der Waals surface area contributed by atoms with E-state index in [4.69, 9.17) is 0 Å². The van der Waals surface area contributed by atoms with Crippen LogP contribution in [0.25, 0.3) is 0 Å². The lowest BCUT2D eigenvalue weighted by Gasteiger charge is -2.40. The maximum absolute atomic E-state index is 4.56. The Morgan fingerprint density at radius 3 is 2.86 bits per heavy atom. The number of imidazole rings is 1. The van der Waals surface area contributed by atoms with Crippen LogP contribution in [-0.2, 0) is 13.1 Å². The zero-order valence-electron chi connectivity index (χ0n) is 14.0. The molecule has 1 aliphatic carbocycles. The van der Waals surface area contributed by atoms with E-state index in [2.05, 4.69) is 32.5 Å². The SMILES string of the molecule is CCn1ccnc1CN1CCC2(CCCN(CC3CC3)C2)C1. The van der Waals surface area contributed by atoms with Crippen molar-refractivity contribution in [3.05, 3.63) is 18.2 Å². The van der Waals surface area contributed by atoms with Gasteiger partial charge < -0.3 is 9.47 Å². The Morgan fingerprint density at radius 1 is 1.18 bits per heavy atom. The molecule has 0 aromatic carbocycles. The number of nitrogens with zero attached hydrogens (tertiary/aromatic N) is 4. The molecule has 1 saturated carbocycles. The van der Waals surface area contributed by atoms with Crippen molar-refractivity contribution in [2.24, 2.45) is 11.3 Å². The fraction of sp³-hybridized carbons (Fsp3) is 0.833. The van der Waals surface area contributed by atoms with E-state index in [9.17, 15) is 0 Å². The minimum Gasteiger partial charge on any atom is -0.334 e. The van der Waals surface area contributed by atoms with Gasteiger partial charge in [0, 0.05) is 38.6 Å². The number of rotatable bonds is 5. The molecule has 4 heteroatoms. The van der Waals surface area contributed by atoms with E-state index in [0.29, 0.717) is 5.41 Å². The van der Waals surface area contributed by atoms with E-state index in [-0.39, 0.29) is 0 Å². The monoisotopic (exact) mass is 302 g/mol. The number of likely N-dealkylation sites (tertiary alicyclic amines) is 2. The Bertz CT molecular complexity index is 507. The molecule has 2 saturated heterocycles. The van der Waals surface area contributed by atoms with Crippen LogP contribution in [0.15, 0.2) is 12.4 Å². The van der Waals surface area contributed by atoms with Gasteiger partial charge >= 0.3 is 0 Å². The van der Waals surface area contributed by atoms with Gasteiger partial charge in [-0.2, -0.15) is 0 Å². The molecule has 3 fully saturated rings. The number of hydrogen-bond acceptors (Lipinski definition) is 3. The minimum atomic E-state index is 0.580. The van der Waals surface area contributed by atoms with Crippen LogP contribution in [0.2, 0.25) is 0 Å². The number of aromatic nitrogens is 2. The van der Waals surface area contributed by atoms with Crippen LogP contribution in [-0.4, -0.2) is 52.1 Å². The maximum atomic E-state index is 4.56. The molecular formula is C18H30N4. The van der Waals surface area contributed by atoms with Crippen LogP contribution < -0.4 is 0 Å². The zero-order valence-corrected chi connectivity index (χ0v) is 14.0. The maximum Gasteiger partial charge on any atom is 0.122 e. The molecule has 1 unspecified atom stereocenters. The Labute approximate surface area is 134 Å². The number of piperidine rings is 1. The van der Waals surface area contributed by atoms with Crippen LogP contribution >= 0.6 is 0 Å². The summed E-state index contributed by atoms with van der Waals surface area (Å²) in [6.07, 6.45) is 11.3. The van der Waals surface area contributed by atoms with E-state index in [0.717, 1.165) is 19.0 Å². The van der Waals surface area contributed by atoms with Crippen LogP contribution in [0, 0.1) is 11.3 Å². The summed E-state index contributed by atoms with van der Waals surface area (Å²) in [5, 5.41) is 0. The highest BCUT2D eigenvalue weighted by molar-refractivity contribution is 4.99. The fourth-order valence-electron chi connectivity index (χ4n) is 4.61. The van der Waals surface area contributed by atoms with Gasteiger partial charge in [-0.1, -0.05) is 0 Å². The summed E-state index contributed by atoms with van der Waals surface area (Å²) in [5.41, 5.74) is 0.580. The van der Waals surface area contributed by atoms with Crippen molar-refractivity contribution in [1.29, 1.82) is 0 Å². The molecule has 1 atom stereocenters. The fourth-order valence-corrected chi connectivity index (χ4v) is 4.61. The lowest BCUT2D eigenvalue weighted by Crippen LogP contribution is -2.45. The van der Waals surface area contributed by atoms with Gasteiger partial charge in [0.25, 0.3) is 0 Å². The zero-order chi connectivity index (χ0) is 15.0. The van der Waals surface area contributed by atoms with Crippen LogP contribution in [0.4, 0.5) is 0 Å². The Morgan fingerprint density at radius 2 is 2.05 bits per heavy atom. The number of aryl methyl sites for hydroxylation is 1. The van der Waals surface area contributed by atoms with Crippen molar-refractivity contribution in [3.63, 3.8) is 0 Å². The Hall–Kier alpha value is -0.870. The van der Waals surface area contributed by atoms with Gasteiger partial charge in [-0.25, -0.2) is 4.98 Å². The van der Waals surface area contributed by atoms with Crippen molar-refractivity contribution >= 4 is 0 Å². The van der Waals surface area contributed by atoms with Gasteiger partial charge in [0.05, 0.1) is 6.54 Å². The van der Waals surface area contributed by atoms with E-state index in [1.807, 2.05) is 6.20 Å². The highest BCUT2D eigenvalue weighted by Gasteiger charge is 2.42. The Balaban J connectivity index is 1.36. The Kier molecular flexibility index (Phi) is 3.99. The second-order valence-electron chi connectivity index (χ2n) is 7.87. The molecule has 3 aliphatic rings. The first-order chi connectivity index (χ1) is 10.8. The molecule has 22 heavy (non-hydrogen) atoms. The lowest BCUT2D eigenvalue weighted by molar-refractivity contribution is 0.0880. The highest BCUT2D eigenvalue weighted by Crippen LogP contribution is 2.40. The van der Waals surface area contributed by atoms with Gasteiger partial charge in [0.15, 0.2) is 0 Å². The molecule has 0 radical (unpaired) electrons. The topological polar surface area (TPSA) is 24.3 Å². The van der Waals surface area contributed by atoms with Crippen molar-refractivity contribution in [3.8, 4) is 0 Å². The van der Waals surface area contributed by atoms with Crippen molar-refractivity contribution in [2.45, 2.75) is 52.1 Å². The first-order valence-corrected chi connectivity index (χ1v) is 9.21.